The van der Waals surface area contributed by atoms with Gasteiger partial charge < -0.3 is 14.6 Å². The van der Waals surface area contributed by atoms with Crippen molar-refractivity contribution in [3.8, 4) is 0 Å². The van der Waals surface area contributed by atoms with Gasteiger partial charge in [0.05, 0.1) is 6.26 Å². The molecule has 0 aliphatic carbocycles. The standard InChI is InChI=1S/C14H19N3O/c1-4-15-13-6-5-7-14(16-13)17(3)10-12-8-9-18-11(12)2/h5-9H,4,10H2,1-3H3,(H,15,16). The van der Waals surface area contributed by atoms with Crippen LogP contribution >= 0.6 is 0 Å². The maximum absolute atomic E-state index is 5.30. The summed E-state index contributed by atoms with van der Waals surface area (Å²) in [7, 11) is 2.03. The lowest BCUT2D eigenvalue weighted by Gasteiger charge is -2.18. The molecule has 18 heavy (non-hydrogen) atoms. The number of rotatable bonds is 5. The molecule has 0 amide bonds. The Morgan fingerprint density at radius 2 is 2.17 bits per heavy atom. The summed E-state index contributed by atoms with van der Waals surface area (Å²) in [5.41, 5.74) is 1.19. The smallest absolute Gasteiger partial charge is 0.130 e. The van der Waals surface area contributed by atoms with Crippen molar-refractivity contribution >= 4 is 11.6 Å². The molecule has 0 aliphatic heterocycles. The second-order valence-electron chi connectivity index (χ2n) is 4.27. The Balaban J connectivity index is 2.11. The van der Waals surface area contributed by atoms with Gasteiger partial charge in [0.15, 0.2) is 0 Å². The molecule has 0 saturated carbocycles. The van der Waals surface area contributed by atoms with Crippen molar-refractivity contribution in [1.29, 1.82) is 0 Å². The summed E-state index contributed by atoms with van der Waals surface area (Å²) >= 11 is 0. The molecule has 2 aromatic rings. The van der Waals surface area contributed by atoms with Crippen molar-refractivity contribution in [2.75, 3.05) is 23.8 Å². The monoisotopic (exact) mass is 245 g/mol. The molecule has 4 nitrogen and oxygen atoms in total. The van der Waals surface area contributed by atoms with Crippen LogP contribution in [0.25, 0.3) is 0 Å². The van der Waals surface area contributed by atoms with E-state index in [-0.39, 0.29) is 0 Å². The summed E-state index contributed by atoms with van der Waals surface area (Å²) < 4.78 is 5.30. The fourth-order valence-corrected chi connectivity index (χ4v) is 1.83. The highest BCUT2D eigenvalue weighted by Crippen LogP contribution is 2.17. The first-order valence-electron chi connectivity index (χ1n) is 6.15. The summed E-state index contributed by atoms with van der Waals surface area (Å²) in [5.74, 6) is 2.82. The molecule has 0 atom stereocenters. The highest BCUT2D eigenvalue weighted by atomic mass is 16.3. The van der Waals surface area contributed by atoms with E-state index in [4.69, 9.17) is 4.42 Å². The van der Waals surface area contributed by atoms with E-state index in [2.05, 4.69) is 22.1 Å². The summed E-state index contributed by atoms with van der Waals surface area (Å²) in [4.78, 5) is 6.67. The van der Waals surface area contributed by atoms with Crippen LogP contribution in [-0.2, 0) is 6.54 Å². The lowest BCUT2D eigenvalue weighted by Crippen LogP contribution is -2.18. The van der Waals surface area contributed by atoms with Crippen LogP contribution in [0.5, 0.6) is 0 Å². The van der Waals surface area contributed by atoms with Gasteiger partial charge in [-0.2, -0.15) is 0 Å². The molecule has 2 heterocycles. The Kier molecular flexibility index (Phi) is 3.87. The van der Waals surface area contributed by atoms with Crippen molar-refractivity contribution in [2.24, 2.45) is 0 Å². The molecule has 0 unspecified atom stereocenters. The van der Waals surface area contributed by atoms with Gasteiger partial charge in [0.25, 0.3) is 0 Å². The van der Waals surface area contributed by atoms with Crippen LogP contribution in [0.15, 0.2) is 34.9 Å². The molecule has 1 N–H and O–H groups in total. The first-order chi connectivity index (χ1) is 8.70. The molecule has 0 bridgehead atoms. The lowest BCUT2D eigenvalue weighted by atomic mass is 10.2. The number of hydrogen-bond acceptors (Lipinski definition) is 4. The quantitative estimate of drug-likeness (QED) is 0.879. The molecule has 0 aliphatic rings. The van der Waals surface area contributed by atoms with Crippen LogP contribution in [0.2, 0.25) is 0 Å². The van der Waals surface area contributed by atoms with Crippen molar-refractivity contribution in [3.05, 3.63) is 41.9 Å². The minimum absolute atomic E-state index is 0.797. The van der Waals surface area contributed by atoms with Gasteiger partial charge in [-0.25, -0.2) is 4.98 Å². The molecule has 2 rings (SSSR count). The average molecular weight is 245 g/mol. The third-order valence-corrected chi connectivity index (χ3v) is 2.86. The normalized spacial score (nSPS) is 10.4. The molecular formula is C14H19N3O. The van der Waals surface area contributed by atoms with Gasteiger partial charge in [-0.05, 0) is 32.0 Å². The Bertz CT molecular complexity index is 507. The zero-order chi connectivity index (χ0) is 13.0. The molecule has 0 radical (unpaired) electrons. The van der Waals surface area contributed by atoms with Gasteiger partial charge in [0.2, 0.25) is 0 Å². The molecule has 0 saturated heterocycles. The van der Waals surface area contributed by atoms with Crippen molar-refractivity contribution in [1.82, 2.24) is 4.98 Å². The summed E-state index contributed by atoms with van der Waals surface area (Å²) in [6, 6.07) is 8.00. The molecule has 0 spiro atoms. The highest BCUT2D eigenvalue weighted by Gasteiger charge is 2.07. The van der Waals surface area contributed by atoms with Gasteiger partial charge in [0.1, 0.15) is 17.4 Å². The predicted molar refractivity (Wildman–Crippen MR) is 74.0 cm³/mol. The van der Waals surface area contributed by atoms with Crippen LogP contribution in [0.4, 0.5) is 11.6 Å². The number of anilines is 2. The van der Waals surface area contributed by atoms with Gasteiger partial charge in [-0.15, -0.1) is 0 Å². The molecule has 0 fully saturated rings. The Hall–Kier alpha value is -1.97. The van der Waals surface area contributed by atoms with Gasteiger partial charge in [0, 0.05) is 25.7 Å². The third-order valence-electron chi connectivity index (χ3n) is 2.86. The lowest BCUT2D eigenvalue weighted by molar-refractivity contribution is 0.529. The predicted octanol–water partition coefficient (Wildman–Crippen LogP) is 3.05. The molecule has 0 aromatic carbocycles. The van der Waals surface area contributed by atoms with Gasteiger partial charge in [-0.1, -0.05) is 6.07 Å². The molecule has 96 valence electrons. The van der Waals surface area contributed by atoms with Crippen LogP contribution in [-0.4, -0.2) is 18.6 Å². The Morgan fingerprint density at radius 1 is 1.33 bits per heavy atom. The molecule has 4 heteroatoms. The summed E-state index contributed by atoms with van der Waals surface area (Å²) in [6.07, 6.45) is 1.72. The topological polar surface area (TPSA) is 41.3 Å². The number of nitrogens with zero attached hydrogens (tertiary/aromatic N) is 2. The number of aromatic nitrogens is 1. The van der Waals surface area contributed by atoms with Gasteiger partial charge in [-0.3, -0.25) is 0 Å². The number of pyridine rings is 1. The fourth-order valence-electron chi connectivity index (χ4n) is 1.83. The van der Waals surface area contributed by atoms with Crippen LogP contribution in [0.3, 0.4) is 0 Å². The molecule has 2 aromatic heterocycles. The van der Waals surface area contributed by atoms with Crippen molar-refractivity contribution in [3.63, 3.8) is 0 Å². The Labute approximate surface area is 108 Å². The van der Waals surface area contributed by atoms with E-state index < -0.39 is 0 Å². The molecular weight excluding hydrogens is 226 g/mol. The van der Waals surface area contributed by atoms with Crippen molar-refractivity contribution < 1.29 is 4.42 Å². The van der Waals surface area contributed by atoms with E-state index in [9.17, 15) is 0 Å². The number of nitrogens with one attached hydrogen (secondary N) is 1. The maximum atomic E-state index is 5.30. The third kappa shape index (κ3) is 2.83. The average Bonchev–Trinajstić information content (AvgIpc) is 2.76. The fraction of sp³-hybridized carbons (Fsp3) is 0.357. The van der Waals surface area contributed by atoms with Crippen LogP contribution in [0, 0.1) is 6.92 Å². The largest absolute Gasteiger partial charge is 0.469 e. The van der Waals surface area contributed by atoms with E-state index in [1.54, 1.807) is 6.26 Å². The van der Waals surface area contributed by atoms with Gasteiger partial charge >= 0.3 is 0 Å². The summed E-state index contributed by atoms with van der Waals surface area (Å²) in [5, 5.41) is 3.22. The van der Waals surface area contributed by atoms with E-state index in [1.165, 1.54) is 5.56 Å². The van der Waals surface area contributed by atoms with E-state index in [0.29, 0.717) is 0 Å². The maximum Gasteiger partial charge on any atom is 0.130 e. The first kappa shape index (κ1) is 12.5. The number of aryl methyl sites for hydroxylation is 1. The minimum atomic E-state index is 0.797. The second kappa shape index (κ2) is 5.58. The first-order valence-corrected chi connectivity index (χ1v) is 6.15. The van der Waals surface area contributed by atoms with E-state index >= 15 is 0 Å². The van der Waals surface area contributed by atoms with Crippen LogP contribution in [0.1, 0.15) is 18.2 Å². The number of furan rings is 1. The minimum Gasteiger partial charge on any atom is -0.469 e. The summed E-state index contributed by atoms with van der Waals surface area (Å²) in [6.45, 7) is 5.71. The zero-order valence-electron chi connectivity index (χ0n) is 11.1. The SMILES string of the molecule is CCNc1cccc(N(C)Cc2ccoc2C)n1. The Morgan fingerprint density at radius 3 is 2.83 bits per heavy atom. The van der Waals surface area contributed by atoms with Crippen molar-refractivity contribution in [2.45, 2.75) is 20.4 Å². The zero-order valence-corrected chi connectivity index (χ0v) is 11.1. The number of hydrogen-bond donors (Lipinski definition) is 1. The van der Waals surface area contributed by atoms with E-state index in [1.807, 2.05) is 38.2 Å². The van der Waals surface area contributed by atoms with Crippen LogP contribution < -0.4 is 10.2 Å². The van der Waals surface area contributed by atoms with E-state index in [0.717, 1.165) is 30.5 Å². The second-order valence-corrected chi connectivity index (χ2v) is 4.27. The highest BCUT2D eigenvalue weighted by molar-refractivity contribution is 5.47.